The molecule has 1 atom stereocenters. The van der Waals surface area contributed by atoms with E-state index in [0.29, 0.717) is 11.3 Å². The monoisotopic (exact) mass is 498 g/mol. The summed E-state index contributed by atoms with van der Waals surface area (Å²) in [5, 5.41) is 1.89. The smallest absolute Gasteiger partial charge is 0.379 e. The minimum Gasteiger partial charge on any atom is -0.772 e. The number of nitrogens with one attached hydrogen (secondary N) is 1. The van der Waals surface area contributed by atoms with E-state index in [0.717, 1.165) is 6.07 Å². The summed E-state index contributed by atoms with van der Waals surface area (Å²) in [5.41, 5.74) is 0.469. The predicted octanol–water partition coefficient (Wildman–Crippen LogP) is 2.97. The Morgan fingerprint density at radius 2 is 1.62 bits per heavy atom. The second kappa shape index (κ2) is 11.6. The number of ether oxygens (including phenoxy) is 4. The maximum Gasteiger partial charge on any atom is 0.379 e. The molecule has 2 aromatic carbocycles. The van der Waals surface area contributed by atoms with Gasteiger partial charge in [0.05, 0.1) is 39.7 Å². The first kappa shape index (κ1) is 26.7. The Balaban J connectivity index is 2.79. The number of alkyl halides is 2. The van der Waals surface area contributed by atoms with Gasteiger partial charge in [0.1, 0.15) is 11.5 Å². The molecule has 1 N–H and O–H groups in total. The van der Waals surface area contributed by atoms with E-state index >= 15 is 0 Å². The first-order valence-corrected chi connectivity index (χ1v) is 10.8. The normalized spacial score (nSPS) is 12.8. The molecule has 0 aromatic heterocycles. The Morgan fingerprint density at radius 1 is 1.03 bits per heavy atom. The zero-order chi connectivity index (χ0) is 25.5. The quantitative estimate of drug-likeness (QED) is 0.165. The first-order valence-electron chi connectivity index (χ1n) is 9.51. The summed E-state index contributed by atoms with van der Waals surface area (Å²) in [5.74, 6) is -6.16. The van der Waals surface area contributed by atoms with E-state index < -0.39 is 34.9 Å². The van der Waals surface area contributed by atoms with E-state index in [-0.39, 0.29) is 34.1 Å². The number of halogens is 2. The second-order valence-corrected chi connectivity index (χ2v) is 7.52. The van der Waals surface area contributed by atoms with E-state index in [9.17, 15) is 27.1 Å². The molecule has 1 amide bonds. The molecule has 34 heavy (non-hydrogen) atoms. The number of amides is 1. The third-order valence-corrected chi connectivity index (χ3v) is 5.16. The Labute approximate surface area is 196 Å². The summed E-state index contributed by atoms with van der Waals surface area (Å²) >= 11 is -2.61. The number of methoxy groups -OCH3 is 4. The number of benzene rings is 2. The van der Waals surface area contributed by atoms with Crippen LogP contribution < -0.4 is 14.8 Å². The van der Waals surface area contributed by atoms with Gasteiger partial charge in [-0.25, -0.2) is 0 Å². The lowest BCUT2D eigenvalue weighted by atomic mass is 10.0. The number of carbonyl (C=O) groups is 2. The fourth-order valence-corrected chi connectivity index (χ4v) is 3.58. The predicted molar refractivity (Wildman–Crippen MR) is 119 cm³/mol. The lowest BCUT2D eigenvalue weighted by molar-refractivity contribution is -0.146. The Hall–Kier alpha value is -3.51. The molecule has 2 rings (SSSR count). The third-order valence-electron chi connectivity index (χ3n) is 4.61. The maximum atomic E-state index is 13.5. The van der Waals surface area contributed by atoms with Gasteiger partial charge in [0.15, 0.2) is 17.8 Å². The SMILES string of the molecule is COC(=C(OC)c1ccccc1OC)c1cc(OC)c(NC(=O)C(F)(F)C=O)cc1CS(=O)[O-]. The van der Waals surface area contributed by atoms with Gasteiger partial charge in [-0.2, -0.15) is 8.78 Å². The molecule has 9 nitrogen and oxygen atoms in total. The van der Waals surface area contributed by atoms with E-state index in [1.165, 1.54) is 34.5 Å². The largest absolute Gasteiger partial charge is 0.772 e. The van der Waals surface area contributed by atoms with Crippen molar-refractivity contribution in [3.63, 3.8) is 0 Å². The van der Waals surface area contributed by atoms with E-state index in [4.69, 9.17) is 18.9 Å². The highest BCUT2D eigenvalue weighted by atomic mass is 32.2. The molecule has 0 aliphatic rings. The molecule has 0 aliphatic carbocycles. The molecular weight excluding hydrogens is 476 g/mol. The molecular formula is C22H22F2NO8S-. The zero-order valence-electron chi connectivity index (χ0n) is 18.7. The minimum atomic E-state index is -4.30. The van der Waals surface area contributed by atoms with Gasteiger partial charge in [0, 0.05) is 11.3 Å². The molecule has 0 spiro atoms. The Bertz CT molecular complexity index is 1120. The van der Waals surface area contributed by atoms with Gasteiger partial charge in [-0.15, -0.1) is 0 Å². The van der Waals surface area contributed by atoms with Crippen LogP contribution in [0, 0.1) is 0 Å². The van der Waals surface area contributed by atoms with Crippen molar-refractivity contribution in [1.82, 2.24) is 0 Å². The molecule has 0 heterocycles. The molecule has 0 fully saturated rings. The van der Waals surface area contributed by atoms with Crippen molar-refractivity contribution in [3.05, 3.63) is 53.1 Å². The van der Waals surface area contributed by atoms with Crippen molar-refractivity contribution in [2.45, 2.75) is 11.7 Å². The first-order chi connectivity index (χ1) is 16.1. The number of carbonyl (C=O) groups excluding carboxylic acids is 2. The van der Waals surface area contributed by atoms with Crippen LogP contribution in [0.3, 0.4) is 0 Å². The van der Waals surface area contributed by atoms with Crippen LogP contribution in [0.1, 0.15) is 16.7 Å². The second-order valence-electron chi connectivity index (χ2n) is 6.62. The molecule has 12 heteroatoms. The zero-order valence-corrected chi connectivity index (χ0v) is 19.5. The fraction of sp³-hybridized carbons (Fsp3) is 0.273. The highest BCUT2D eigenvalue weighted by Gasteiger charge is 2.39. The average molecular weight is 498 g/mol. The van der Waals surface area contributed by atoms with Crippen LogP contribution in [0.25, 0.3) is 11.5 Å². The number of hydrogen-bond donors (Lipinski definition) is 1. The summed E-state index contributed by atoms with van der Waals surface area (Å²) in [6.07, 6.45) is -0.805. The van der Waals surface area contributed by atoms with Crippen molar-refractivity contribution in [2.24, 2.45) is 0 Å². The van der Waals surface area contributed by atoms with Gasteiger partial charge >= 0.3 is 11.8 Å². The minimum absolute atomic E-state index is 0.0696. The van der Waals surface area contributed by atoms with E-state index in [1.54, 1.807) is 24.3 Å². The van der Waals surface area contributed by atoms with E-state index in [2.05, 4.69) is 0 Å². The highest BCUT2D eigenvalue weighted by Crippen LogP contribution is 2.38. The summed E-state index contributed by atoms with van der Waals surface area (Å²) < 4.78 is 71.7. The molecule has 1 unspecified atom stereocenters. The molecule has 0 radical (unpaired) electrons. The lowest BCUT2D eigenvalue weighted by Crippen LogP contribution is -2.36. The molecule has 184 valence electrons. The summed E-state index contributed by atoms with van der Waals surface area (Å²) in [6, 6.07) is 9.27. The van der Waals surface area contributed by atoms with Crippen molar-refractivity contribution in [3.8, 4) is 11.5 Å². The van der Waals surface area contributed by atoms with Crippen LogP contribution in [0.5, 0.6) is 11.5 Å². The van der Waals surface area contributed by atoms with Crippen LogP contribution in [0.15, 0.2) is 36.4 Å². The van der Waals surface area contributed by atoms with Crippen LogP contribution in [0.2, 0.25) is 0 Å². The standard InChI is InChI=1S/C22H23F2NO8S/c1-30-17-8-6-5-7-14(17)19(32-3)20(33-4)15-10-18(31-2)16(9-13(15)11-34(28)29)25-21(27)22(23,24)12-26/h5-10,12H,11H2,1-4H3,(H,25,27)(H,28,29)/p-1. The number of rotatable bonds is 11. The fourth-order valence-electron chi connectivity index (χ4n) is 3.09. The van der Waals surface area contributed by atoms with E-state index in [1.807, 2.05) is 5.32 Å². The van der Waals surface area contributed by atoms with Crippen molar-refractivity contribution in [2.75, 3.05) is 33.8 Å². The number of anilines is 1. The van der Waals surface area contributed by atoms with Crippen LogP contribution >= 0.6 is 0 Å². The van der Waals surface area contributed by atoms with Crippen molar-refractivity contribution >= 4 is 40.5 Å². The van der Waals surface area contributed by atoms with Crippen molar-refractivity contribution in [1.29, 1.82) is 0 Å². The molecule has 0 bridgehead atoms. The van der Waals surface area contributed by atoms with Crippen LogP contribution in [-0.4, -0.2) is 55.3 Å². The van der Waals surface area contributed by atoms with Gasteiger partial charge in [-0.3, -0.25) is 13.8 Å². The average Bonchev–Trinajstić information content (AvgIpc) is 2.82. The molecule has 0 aliphatic heterocycles. The van der Waals surface area contributed by atoms with Gasteiger partial charge < -0.3 is 28.8 Å². The number of hydrogen-bond acceptors (Lipinski definition) is 8. The number of para-hydroxylation sites is 1. The summed E-state index contributed by atoms with van der Waals surface area (Å²) in [4.78, 5) is 22.3. The third kappa shape index (κ3) is 5.88. The highest BCUT2D eigenvalue weighted by molar-refractivity contribution is 7.78. The van der Waals surface area contributed by atoms with Gasteiger partial charge in [-0.1, -0.05) is 23.2 Å². The Morgan fingerprint density at radius 3 is 2.15 bits per heavy atom. The molecule has 0 saturated heterocycles. The molecule has 2 aromatic rings. The maximum absolute atomic E-state index is 13.5. The van der Waals surface area contributed by atoms with Gasteiger partial charge in [0.2, 0.25) is 0 Å². The van der Waals surface area contributed by atoms with Crippen LogP contribution in [-0.2, 0) is 35.9 Å². The summed E-state index contributed by atoms with van der Waals surface area (Å²) in [7, 11) is 5.37. The van der Waals surface area contributed by atoms with Gasteiger partial charge in [0.25, 0.3) is 0 Å². The lowest BCUT2D eigenvalue weighted by Gasteiger charge is -2.21. The van der Waals surface area contributed by atoms with Crippen molar-refractivity contribution < 1.29 is 46.1 Å². The van der Waals surface area contributed by atoms with Crippen LogP contribution in [0.4, 0.5) is 14.5 Å². The Kier molecular flexibility index (Phi) is 9.10. The topological polar surface area (TPSA) is 123 Å². The molecule has 0 saturated carbocycles. The number of aldehydes is 1. The summed E-state index contributed by atoms with van der Waals surface area (Å²) in [6.45, 7) is 0. The van der Waals surface area contributed by atoms with Gasteiger partial charge in [-0.05, 0) is 29.8 Å².